The summed E-state index contributed by atoms with van der Waals surface area (Å²) >= 11 is 0. The van der Waals surface area contributed by atoms with Crippen LogP contribution in [0.15, 0.2) is 0 Å². The van der Waals surface area contributed by atoms with E-state index in [1.54, 1.807) is 4.90 Å². The third-order valence-electron chi connectivity index (χ3n) is 3.10. The Balaban J connectivity index is 1.88. The molecule has 1 saturated carbocycles. The topological polar surface area (TPSA) is 37.4 Å². The normalized spacial score (nSPS) is 32.4. The first-order valence-electron chi connectivity index (χ1n) is 5.03. The van der Waals surface area contributed by atoms with Crippen LogP contribution in [-0.4, -0.2) is 29.7 Å². The molecule has 13 heavy (non-hydrogen) atoms. The van der Waals surface area contributed by atoms with Crippen LogP contribution in [0.2, 0.25) is 0 Å². The molecule has 0 aromatic heterocycles. The number of carbonyl (C=O) groups is 2. The molecule has 2 fully saturated rings. The second kappa shape index (κ2) is 3.13. The van der Waals surface area contributed by atoms with Gasteiger partial charge in [0.25, 0.3) is 0 Å². The first-order valence-corrected chi connectivity index (χ1v) is 5.03. The van der Waals surface area contributed by atoms with Crippen molar-refractivity contribution < 1.29 is 9.59 Å². The average molecular weight is 181 g/mol. The highest BCUT2D eigenvalue weighted by Gasteiger charge is 2.44. The molecule has 2 atom stereocenters. The average Bonchev–Trinajstić information content (AvgIpc) is 2.80. The Labute approximate surface area is 78.1 Å². The predicted molar refractivity (Wildman–Crippen MR) is 48.1 cm³/mol. The molecule has 72 valence electrons. The highest BCUT2D eigenvalue weighted by atomic mass is 16.2. The molecule has 0 radical (unpaired) electrons. The molecule has 3 heteroatoms. The number of hydrogen-bond donors (Lipinski definition) is 0. The van der Waals surface area contributed by atoms with Crippen LogP contribution in [0.25, 0.3) is 0 Å². The number of likely N-dealkylation sites (tertiary alicyclic amines) is 1. The summed E-state index contributed by atoms with van der Waals surface area (Å²) in [5, 5.41) is 0. The minimum atomic E-state index is 0.210. The van der Waals surface area contributed by atoms with Crippen molar-refractivity contribution in [1.29, 1.82) is 0 Å². The molecule has 2 aliphatic rings. The number of Topliss-reactive ketones (excluding diaryl/α,β-unsaturated/α-hetero) is 1. The molecule has 1 heterocycles. The minimum Gasteiger partial charge on any atom is -0.335 e. The number of hydrogen-bond acceptors (Lipinski definition) is 2. The Bertz CT molecular complexity index is 249. The van der Waals surface area contributed by atoms with Gasteiger partial charge in [-0.05, 0) is 12.3 Å². The first kappa shape index (κ1) is 8.73. The molecule has 1 aliphatic carbocycles. The molecule has 1 amide bonds. The Morgan fingerprint density at radius 2 is 2.38 bits per heavy atom. The zero-order valence-corrected chi connectivity index (χ0v) is 7.95. The number of nitrogens with zero attached hydrogens (tertiary/aromatic N) is 1. The first-order chi connectivity index (χ1) is 6.22. The lowest BCUT2D eigenvalue weighted by molar-refractivity contribution is -0.133. The van der Waals surface area contributed by atoms with E-state index in [2.05, 4.69) is 6.92 Å². The quantitative estimate of drug-likeness (QED) is 0.633. The molecule has 0 spiro atoms. The molecule has 0 N–H and O–H groups in total. The summed E-state index contributed by atoms with van der Waals surface area (Å²) in [5.74, 6) is 1.28. The highest BCUT2D eigenvalue weighted by Crippen LogP contribution is 2.42. The van der Waals surface area contributed by atoms with E-state index in [0.717, 1.165) is 12.8 Å². The van der Waals surface area contributed by atoms with Gasteiger partial charge in [-0.15, -0.1) is 0 Å². The Hall–Kier alpha value is -0.860. The lowest BCUT2D eigenvalue weighted by Gasteiger charge is -2.13. The van der Waals surface area contributed by atoms with Crippen LogP contribution in [-0.2, 0) is 9.59 Å². The fourth-order valence-corrected chi connectivity index (χ4v) is 2.05. The monoisotopic (exact) mass is 181 g/mol. The summed E-state index contributed by atoms with van der Waals surface area (Å²) < 4.78 is 0. The standard InChI is InChI=1S/C10H15NO2/c1-2-7-5-9(7)10(13)11-4-3-8(12)6-11/h7,9H,2-6H2,1H3. The van der Waals surface area contributed by atoms with Crippen LogP contribution < -0.4 is 0 Å². The summed E-state index contributed by atoms with van der Waals surface area (Å²) in [6.45, 7) is 3.14. The van der Waals surface area contributed by atoms with Crippen molar-refractivity contribution in [2.45, 2.75) is 26.2 Å². The maximum absolute atomic E-state index is 11.7. The molecule has 1 saturated heterocycles. The van der Waals surface area contributed by atoms with Gasteiger partial charge in [-0.25, -0.2) is 0 Å². The molecule has 2 unspecified atom stereocenters. The Morgan fingerprint density at radius 3 is 2.85 bits per heavy atom. The fraction of sp³-hybridized carbons (Fsp3) is 0.800. The van der Waals surface area contributed by atoms with Crippen LogP contribution in [0.1, 0.15) is 26.2 Å². The summed E-state index contributed by atoms with van der Waals surface area (Å²) in [5.41, 5.74) is 0. The van der Waals surface area contributed by atoms with Gasteiger partial charge < -0.3 is 4.90 Å². The molecule has 0 bridgehead atoms. The van der Waals surface area contributed by atoms with Crippen molar-refractivity contribution in [2.75, 3.05) is 13.1 Å². The number of carbonyl (C=O) groups excluding carboxylic acids is 2. The van der Waals surface area contributed by atoms with Crippen LogP contribution in [0.4, 0.5) is 0 Å². The number of amides is 1. The van der Waals surface area contributed by atoms with Crippen LogP contribution in [0, 0.1) is 11.8 Å². The molecule has 3 nitrogen and oxygen atoms in total. The largest absolute Gasteiger partial charge is 0.335 e. The molecule has 1 aliphatic heterocycles. The van der Waals surface area contributed by atoms with Crippen molar-refractivity contribution in [3.8, 4) is 0 Å². The summed E-state index contributed by atoms with van der Waals surface area (Å²) in [7, 11) is 0. The van der Waals surface area contributed by atoms with E-state index >= 15 is 0 Å². The maximum Gasteiger partial charge on any atom is 0.226 e. The van der Waals surface area contributed by atoms with Crippen LogP contribution in [0.5, 0.6) is 0 Å². The van der Waals surface area contributed by atoms with Crippen molar-refractivity contribution in [3.05, 3.63) is 0 Å². The van der Waals surface area contributed by atoms with E-state index in [0.29, 0.717) is 25.4 Å². The van der Waals surface area contributed by atoms with Crippen molar-refractivity contribution in [3.63, 3.8) is 0 Å². The lowest BCUT2D eigenvalue weighted by atomic mass is 10.2. The second-order valence-corrected chi connectivity index (χ2v) is 4.06. The zero-order valence-electron chi connectivity index (χ0n) is 7.95. The van der Waals surface area contributed by atoms with E-state index in [1.165, 1.54) is 0 Å². The highest BCUT2D eigenvalue weighted by molar-refractivity contribution is 5.91. The maximum atomic E-state index is 11.7. The summed E-state index contributed by atoms with van der Waals surface area (Å²) in [6, 6.07) is 0. The number of rotatable bonds is 2. The molecule has 2 rings (SSSR count). The van der Waals surface area contributed by atoms with Gasteiger partial charge in [0, 0.05) is 18.9 Å². The van der Waals surface area contributed by atoms with Gasteiger partial charge in [-0.3, -0.25) is 9.59 Å². The van der Waals surface area contributed by atoms with Gasteiger partial charge >= 0.3 is 0 Å². The summed E-state index contributed by atoms with van der Waals surface area (Å²) in [6.07, 6.45) is 2.70. The second-order valence-electron chi connectivity index (χ2n) is 4.06. The van der Waals surface area contributed by atoms with Crippen molar-refractivity contribution in [2.24, 2.45) is 11.8 Å². The SMILES string of the molecule is CCC1CC1C(=O)N1CCC(=O)C1. The molecular formula is C10H15NO2. The Morgan fingerprint density at radius 1 is 1.62 bits per heavy atom. The minimum absolute atomic E-state index is 0.210. The summed E-state index contributed by atoms with van der Waals surface area (Å²) in [4.78, 5) is 24.4. The van der Waals surface area contributed by atoms with E-state index in [9.17, 15) is 9.59 Å². The van der Waals surface area contributed by atoms with E-state index in [1.807, 2.05) is 0 Å². The fourth-order valence-electron chi connectivity index (χ4n) is 2.05. The van der Waals surface area contributed by atoms with Gasteiger partial charge in [-0.1, -0.05) is 13.3 Å². The van der Waals surface area contributed by atoms with Gasteiger partial charge in [-0.2, -0.15) is 0 Å². The third kappa shape index (κ3) is 1.60. The van der Waals surface area contributed by atoms with Crippen molar-refractivity contribution >= 4 is 11.7 Å². The van der Waals surface area contributed by atoms with Crippen molar-refractivity contribution in [1.82, 2.24) is 4.90 Å². The van der Waals surface area contributed by atoms with Crippen LogP contribution in [0.3, 0.4) is 0 Å². The lowest BCUT2D eigenvalue weighted by Crippen LogP contribution is -2.30. The van der Waals surface area contributed by atoms with E-state index < -0.39 is 0 Å². The smallest absolute Gasteiger partial charge is 0.226 e. The van der Waals surface area contributed by atoms with Gasteiger partial charge in [0.2, 0.25) is 5.91 Å². The van der Waals surface area contributed by atoms with Gasteiger partial charge in [0.05, 0.1) is 6.54 Å². The predicted octanol–water partition coefficient (Wildman–Crippen LogP) is 0.834. The van der Waals surface area contributed by atoms with Gasteiger partial charge in [0.15, 0.2) is 5.78 Å². The Kier molecular flexibility index (Phi) is 2.10. The van der Waals surface area contributed by atoms with E-state index in [4.69, 9.17) is 0 Å². The van der Waals surface area contributed by atoms with Gasteiger partial charge in [0.1, 0.15) is 0 Å². The van der Waals surface area contributed by atoms with Crippen LogP contribution >= 0.6 is 0 Å². The zero-order chi connectivity index (χ0) is 9.42. The van der Waals surface area contributed by atoms with E-state index in [-0.39, 0.29) is 17.6 Å². The molecular weight excluding hydrogens is 166 g/mol. The molecule has 0 aromatic rings. The molecule has 0 aromatic carbocycles. The number of ketones is 1. The third-order valence-corrected chi connectivity index (χ3v) is 3.10.